The first kappa shape index (κ1) is 15.4. The van der Waals surface area contributed by atoms with Crippen LogP contribution < -0.4 is 0 Å². The van der Waals surface area contributed by atoms with Gasteiger partial charge in [0, 0.05) is 22.4 Å². The number of carbonyl (C=O) groups excluding carboxylic acids is 1. The molecule has 0 spiro atoms. The summed E-state index contributed by atoms with van der Waals surface area (Å²) in [6.07, 6.45) is 0.309. The highest BCUT2D eigenvalue weighted by atomic mass is 35.5. The summed E-state index contributed by atoms with van der Waals surface area (Å²) in [7, 11) is 0. The van der Waals surface area contributed by atoms with Crippen molar-refractivity contribution in [3.63, 3.8) is 0 Å². The first-order valence-corrected chi connectivity index (χ1v) is 7.37. The molecule has 0 saturated carbocycles. The van der Waals surface area contributed by atoms with E-state index in [1.807, 2.05) is 27.7 Å². The van der Waals surface area contributed by atoms with Gasteiger partial charge in [0.15, 0.2) is 5.78 Å². The van der Waals surface area contributed by atoms with Crippen molar-refractivity contribution in [2.24, 2.45) is 11.3 Å². The molecule has 1 aromatic rings. The monoisotopic (exact) mass is 312 g/mol. The van der Waals surface area contributed by atoms with Crippen LogP contribution >= 0.6 is 23.2 Å². The summed E-state index contributed by atoms with van der Waals surface area (Å²) in [6.45, 7) is 7.76. The second-order valence-electron chi connectivity index (χ2n) is 5.98. The smallest absolute Gasteiger partial charge is 0.167 e. The van der Waals surface area contributed by atoms with Gasteiger partial charge in [0.05, 0.1) is 10.6 Å². The molecule has 0 fully saturated rings. The number of benzene rings is 1. The zero-order valence-corrected chi connectivity index (χ0v) is 13.6. The van der Waals surface area contributed by atoms with Crippen molar-refractivity contribution in [3.05, 3.63) is 39.1 Å². The molecule has 0 heterocycles. The highest BCUT2D eigenvalue weighted by Gasteiger charge is 2.45. The van der Waals surface area contributed by atoms with Crippen LogP contribution in [-0.2, 0) is 4.79 Å². The Kier molecular flexibility index (Phi) is 3.92. The Morgan fingerprint density at radius 1 is 1.25 bits per heavy atom. The van der Waals surface area contributed by atoms with Gasteiger partial charge in [0.1, 0.15) is 5.76 Å². The normalized spacial score (nSPS) is 23.1. The highest BCUT2D eigenvalue weighted by Crippen LogP contribution is 2.49. The van der Waals surface area contributed by atoms with Crippen molar-refractivity contribution in [3.8, 4) is 0 Å². The molecule has 0 saturated heterocycles. The van der Waals surface area contributed by atoms with Crippen LogP contribution in [0.2, 0.25) is 10.0 Å². The second-order valence-corrected chi connectivity index (χ2v) is 6.79. The van der Waals surface area contributed by atoms with Crippen molar-refractivity contribution >= 4 is 34.6 Å². The third-order valence-corrected chi connectivity index (χ3v) is 5.10. The van der Waals surface area contributed by atoms with Crippen molar-refractivity contribution in [1.29, 1.82) is 0 Å². The zero-order chi connectivity index (χ0) is 15.2. The maximum Gasteiger partial charge on any atom is 0.167 e. The number of rotatable bonds is 2. The van der Waals surface area contributed by atoms with Gasteiger partial charge in [-0.1, -0.05) is 44.0 Å². The van der Waals surface area contributed by atoms with E-state index in [-0.39, 0.29) is 17.5 Å². The molecule has 0 aromatic heterocycles. The molecule has 108 valence electrons. The van der Waals surface area contributed by atoms with E-state index in [1.54, 1.807) is 12.1 Å². The summed E-state index contributed by atoms with van der Waals surface area (Å²) in [5.74, 6) is 0.236. The minimum Gasteiger partial charge on any atom is -0.511 e. The molecule has 1 aliphatic carbocycles. The van der Waals surface area contributed by atoms with Crippen LogP contribution in [0.3, 0.4) is 0 Å². The van der Waals surface area contributed by atoms with Gasteiger partial charge in [-0.05, 0) is 30.5 Å². The summed E-state index contributed by atoms with van der Waals surface area (Å²) in [4.78, 5) is 12.3. The second kappa shape index (κ2) is 5.09. The number of aliphatic hydroxyl groups excluding tert-OH is 1. The average Bonchev–Trinajstić information content (AvgIpc) is 2.57. The van der Waals surface area contributed by atoms with Gasteiger partial charge in [0.25, 0.3) is 0 Å². The van der Waals surface area contributed by atoms with Gasteiger partial charge in [-0.3, -0.25) is 4.79 Å². The first-order chi connectivity index (χ1) is 9.18. The van der Waals surface area contributed by atoms with Gasteiger partial charge >= 0.3 is 0 Å². The zero-order valence-electron chi connectivity index (χ0n) is 12.1. The van der Waals surface area contributed by atoms with E-state index >= 15 is 0 Å². The summed E-state index contributed by atoms with van der Waals surface area (Å²) in [6, 6.07) is 3.38. The molecule has 1 unspecified atom stereocenters. The fourth-order valence-corrected chi connectivity index (χ4v) is 3.01. The van der Waals surface area contributed by atoms with E-state index in [0.717, 1.165) is 5.56 Å². The van der Waals surface area contributed by atoms with Crippen LogP contribution in [0.5, 0.6) is 0 Å². The molecular formula is C16H18Cl2O2. The topological polar surface area (TPSA) is 37.3 Å². The van der Waals surface area contributed by atoms with Crippen molar-refractivity contribution in [2.75, 3.05) is 0 Å². The number of aryl methyl sites for hydroxylation is 1. The SMILES string of the molecule is Cc1cc(C2=C(O)C(C)(C(C)C)CC2=O)c(Cl)cc1Cl. The van der Waals surface area contributed by atoms with E-state index < -0.39 is 5.41 Å². The lowest BCUT2D eigenvalue weighted by Crippen LogP contribution is -2.23. The molecule has 4 heteroatoms. The molecule has 0 radical (unpaired) electrons. The standard InChI is InChI=1S/C16H18Cl2O2/c1-8(2)16(4)7-13(19)14(15(16)20)10-5-9(3)11(17)6-12(10)18/h5-6,8,20H,7H2,1-4H3. The van der Waals surface area contributed by atoms with Crippen LogP contribution in [0.1, 0.15) is 38.3 Å². The quantitative estimate of drug-likeness (QED) is 0.814. The van der Waals surface area contributed by atoms with E-state index in [9.17, 15) is 9.90 Å². The van der Waals surface area contributed by atoms with Gasteiger partial charge in [-0.2, -0.15) is 0 Å². The number of hydrogen-bond acceptors (Lipinski definition) is 2. The molecule has 0 aliphatic heterocycles. The molecule has 20 heavy (non-hydrogen) atoms. The maximum atomic E-state index is 12.3. The average molecular weight is 313 g/mol. The summed E-state index contributed by atoms with van der Waals surface area (Å²) >= 11 is 12.2. The molecule has 2 rings (SSSR count). The number of carbonyl (C=O) groups is 1. The van der Waals surface area contributed by atoms with Crippen molar-refractivity contribution < 1.29 is 9.90 Å². The minimum absolute atomic E-state index is 0.0673. The molecule has 0 bridgehead atoms. The van der Waals surface area contributed by atoms with Gasteiger partial charge in [0.2, 0.25) is 0 Å². The van der Waals surface area contributed by atoms with E-state index in [4.69, 9.17) is 23.2 Å². The van der Waals surface area contributed by atoms with Crippen molar-refractivity contribution in [2.45, 2.75) is 34.1 Å². The van der Waals surface area contributed by atoms with E-state index in [1.165, 1.54) is 0 Å². The predicted molar refractivity (Wildman–Crippen MR) is 83.3 cm³/mol. The van der Waals surface area contributed by atoms with Crippen LogP contribution in [0, 0.1) is 18.3 Å². The Hall–Kier alpha value is -0.990. The number of ketones is 1. The largest absolute Gasteiger partial charge is 0.511 e. The number of halogens is 2. The van der Waals surface area contributed by atoms with E-state index in [0.29, 0.717) is 27.6 Å². The number of aliphatic hydroxyl groups is 1. The number of allylic oxidation sites excluding steroid dienone is 2. The third-order valence-electron chi connectivity index (χ3n) is 4.38. The minimum atomic E-state index is -0.525. The maximum absolute atomic E-state index is 12.3. The van der Waals surface area contributed by atoms with Gasteiger partial charge < -0.3 is 5.11 Å². The van der Waals surface area contributed by atoms with Crippen LogP contribution in [0.15, 0.2) is 17.9 Å². The Morgan fingerprint density at radius 3 is 2.35 bits per heavy atom. The summed E-state index contributed by atoms with van der Waals surface area (Å²) < 4.78 is 0. The van der Waals surface area contributed by atoms with Crippen LogP contribution in [0.25, 0.3) is 5.57 Å². The third kappa shape index (κ3) is 2.25. The molecular weight excluding hydrogens is 295 g/mol. The Balaban J connectivity index is 2.66. The highest BCUT2D eigenvalue weighted by molar-refractivity contribution is 6.38. The van der Waals surface area contributed by atoms with Crippen molar-refractivity contribution in [1.82, 2.24) is 0 Å². The fraction of sp³-hybridized carbons (Fsp3) is 0.438. The predicted octanol–water partition coefficient (Wildman–Crippen LogP) is 5.21. The number of hydrogen-bond donors (Lipinski definition) is 1. The molecule has 1 aliphatic rings. The first-order valence-electron chi connectivity index (χ1n) is 6.61. The number of Topliss-reactive ketones (excluding diaryl/α,β-unsaturated/α-hetero) is 1. The molecule has 1 N–H and O–H groups in total. The lowest BCUT2D eigenvalue weighted by molar-refractivity contribution is -0.114. The lowest BCUT2D eigenvalue weighted by atomic mass is 9.77. The molecule has 0 amide bonds. The lowest BCUT2D eigenvalue weighted by Gasteiger charge is -2.28. The summed E-state index contributed by atoms with van der Waals surface area (Å²) in [5, 5.41) is 11.5. The summed E-state index contributed by atoms with van der Waals surface area (Å²) in [5.41, 5.74) is 1.22. The van der Waals surface area contributed by atoms with Crippen LogP contribution in [0.4, 0.5) is 0 Å². The molecule has 1 atom stereocenters. The van der Waals surface area contributed by atoms with Crippen LogP contribution in [-0.4, -0.2) is 10.9 Å². The molecule has 2 nitrogen and oxygen atoms in total. The van der Waals surface area contributed by atoms with Gasteiger partial charge in [-0.15, -0.1) is 0 Å². The Bertz CT molecular complexity index is 617. The van der Waals surface area contributed by atoms with Gasteiger partial charge in [-0.25, -0.2) is 0 Å². The Morgan fingerprint density at radius 2 is 1.85 bits per heavy atom. The van der Waals surface area contributed by atoms with E-state index in [2.05, 4.69) is 0 Å². The Labute approximate surface area is 129 Å². The molecule has 1 aromatic carbocycles. The fourth-order valence-electron chi connectivity index (χ4n) is 2.53.